The highest BCUT2D eigenvalue weighted by Gasteiger charge is 2.27. The van der Waals surface area contributed by atoms with E-state index in [0.717, 1.165) is 26.2 Å². The van der Waals surface area contributed by atoms with Gasteiger partial charge in [0.2, 0.25) is 0 Å². The Morgan fingerprint density at radius 3 is 3.00 bits per heavy atom. The first kappa shape index (κ1) is 11.3. The van der Waals surface area contributed by atoms with Crippen LogP contribution in [0.4, 0.5) is 0 Å². The maximum absolute atomic E-state index is 9.65. The van der Waals surface area contributed by atoms with Gasteiger partial charge in [-0.25, -0.2) is 0 Å². The van der Waals surface area contributed by atoms with E-state index in [0.29, 0.717) is 6.04 Å². The molecule has 15 heavy (non-hydrogen) atoms. The van der Waals surface area contributed by atoms with E-state index in [2.05, 4.69) is 22.5 Å². The van der Waals surface area contributed by atoms with Gasteiger partial charge in [0.15, 0.2) is 0 Å². The number of aliphatic hydroxyl groups is 1. The molecule has 0 bridgehead atoms. The van der Waals surface area contributed by atoms with Crippen LogP contribution in [-0.4, -0.2) is 60.9 Å². The number of nitrogens with zero attached hydrogens (tertiary/aromatic N) is 1. The van der Waals surface area contributed by atoms with E-state index in [9.17, 15) is 5.11 Å². The van der Waals surface area contributed by atoms with E-state index >= 15 is 0 Å². The molecule has 2 aliphatic heterocycles. The lowest BCUT2D eigenvalue weighted by molar-refractivity contribution is 0.156. The second-order valence-corrected chi connectivity index (χ2v) is 4.66. The Labute approximate surface area is 92.0 Å². The molecular formula is C11H23N3O. The van der Waals surface area contributed by atoms with Crippen LogP contribution < -0.4 is 10.6 Å². The normalized spacial score (nSPS) is 37.6. The first-order chi connectivity index (χ1) is 7.31. The molecule has 0 amide bonds. The third kappa shape index (κ3) is 2.69. The van der Waals surface area contributed by atoms with Crippen molar-refractivity contribution in [3.05, 3.63) is 0 Å². The minimum absolute atomic E-state index is 0.207. The Hall–Kier alpha value is -0.160. The molecule has 0 aromatic rings. The summed E-state index contributed by atoms with van der Waals surface area (Å²) in [6.07, 6.45) is 2.42. The van der Waals surface area contributed by atoms with Crippen LogP contribution in [0.1, 0.15) is 19.8 Å². The molecule has 0 aromatic carbocycles. The molecule has 3 N–H and O–H groups in total. The van der Waals surface area contributed by atoms with Gasteiger partial charge in [-0.1, -0.05) is 6.92 Å². The first-order valence-electron chi connectivity index (χ1n) is 6.17. The van der Waals surface area contributed by atoms with Crippen LogP contribution in [0.5, 0.6) is 0 Å². The fourth-order valence-electron chi connectivity index (χ4n) is 2.70. The molecule has 2 fully saturated rings. The Morgan fingerprint density at radius 1 is 1.47 bits per heavy atom. The summed E-state index contributed by atoms with van der Waals surface area (Å²) in [5.74, 6) is 0. The molecule has 4 nitrogen and oxygen atoms in total. The molecular weight excluding hydrogens is 190 g/mol. The maximum Gasteiger partial charge on any atom is 0.0829 e. The lowest BCUT2D eigenvalue weighted by atomic mass is 10.1. The largest absolute Gasteiger partial charge is 0.390 e. The number of aliphatic hydroxyl groups excluding tert-OH is 1. The molecule has 2 rings (SSSR count). The summed E-state index contributed by atoms with van der Waals surface area (Å²) >= 11 is 0. The molecule has 0 saturated carbocycles. The van der Waals surface area contributed by atoms with Crippen molar-refractivity contribution >= 4 is 0 Å². The topological polar surface area (TPSA) is 47.5 Å². The molecule has 0 aromatic heterocycles. The van der Waals surface area contributed by atoms with Crippen molar-refractivity contribution in [2.75, 3.05) is 32.7 Å². The zero-order valence-corrected chi connectivity index (χ0v) is 9.58. The summed E-state index contributed by atoms with van der Waals surface area (Å²) in [7, 11) is 0. The van der Waals surface area contributed by atoms with E-state index in [1.807, 2.05) is 0 Å². The molecule has 0 spiro atoms. The smallest absolute Gasteiger partial charge is 0.0829 e. The molecule has 2 heterocycles. The van der Waals surface area contributed by atoms with Crippen molar-refractivity contribution < 1.29 is 5.11 Å². The second-order valence-electron chi connectivity index (χ2n) is 4.66. The van der Waals surface area contributed by atoms with Crippen LogP contribution in [0.15, 0.2) is 0 Å². The number of hydrogen-bond donors (Lipinski definition) is 3. The fraction of sp³-hybridized carbons (Fsp3) is 1.00. The van der Waals surface area contributed by atoms with Crippen molar-refractivity contribution in [2.45, 2.75) is 38.0 Å². The predicted molar refractivity (Wildman–Crippen MR) is 60.9 cm³/mol. The van der Waals surface area contributed by atoms with E-state index in [4.69, 9.17) is 0 Å². The molecule has 3 atom stereocenters. The van der Waals surface area contributed by atoms with Crippen molar-refractivity contribution in [1.82, 2.24) is 15.5 Å². The van der Waals surface area contributed by atoms with Gasteiger partial charge < -0.3 is 15.7 Å². The molecule has 0 radical (unpaired) electrons. The number of hydrogen-bond acceptors (Lipinski definition) is 4. The summed E-state index contributed by atoms with van der Waals surface area (Å²) in [4.78, 5) is 2.53. The van der Waals surface area contributed by atoms with Crippen molar-refractivity contribution in [1.29, 1.82) is 0 Å². The van der Waals surface area contributed by atoms with Crippen LogP contribution >= 0.6 is 0 Å². The average Bonchev–Trinajstić information content (AvgIpc) is 2.83. The van der Waals surface area contributed by atoms with Gasteiger partial charge >= 0.3 is 0 Å². The molecule has 2 saturated heterocycles. The van der Waals surface area contributed by atoms with Crippen molar-refractivity contribution in [2.24, 2.45) is 0 Å². The first-order valence-corrected chi connectivity index (χ1v) is 6.17. The van der Waals surface area contributed by atoms with E-state index in [1.54, 1.807) is 0 Å². The van der Waals surface area contributed by atoms with Gasteiger partial charge in [0.25, 0.3) is 0 Å². The van der Waals surface area contributed by atoms with Crippen LogP contribution in [0.25, 0.3) is 0 Å². The van der Waals surface area contributed by atoms with Crippen LogP contribution in [0.2, 0.25) is 0 Å². The summed E-state index contributed by atoms with van der Waals surface area (Å²) in [5.41, 5.74) is 0. The number of nitrogens with one attached hydrogen (secondary N) is 2. The lowest BCUT2D eigenvalue weighted by Crippen LogP contribution is -2.46. The Bertz CT molecular complexity index is 200. The van der Waals surface area contributed by atoms with Gasteiger partial charge in [0.1, 0.15) is 0 Å². The Balaban J connectivity index is 1.72. The van der Waals surface area contributed by atoms with Crippen LogP contribution in [0.3, 0.4) is 0 Å². The summed E-state index contributed by atoms with van der Waals surface area (Å²) in [6.45, 7) is 7.29. The summed E-state index contributed by atoms with van der Waals surface area (Å²) < 4.78 is 0. The monoisotopic (exact) mass is 213 g/mol. The van der Waals surface area contributed by atoms with E-state index in [1.165, 1.54) is 19.4 Å². The maximum atomic E-state index is 9.65. The number of β-amino-alcohol motifs (C(OH)–C–C–N with tert-alkyl or cyclic N) is 1. The van der Waals surface area contributed by atoms with Gasteiger partial charge in [0, 0.05) is 31.7 Å². The predicted octanol–water partition coefficient (Wildman–Crippen LogP) is -0.607. The van der Waals surface area contributed by atoms with Crippen molar-refractivity contribution in [3.8, 4) is 0 Å². The molecule has 2 aliphatic rings. The molecule has 0 aliphatic carbocycles. The summed E-state index contributed by atoms with van der Waals surface area (Å²) in [5, 5.41) is 16.3. The van der Waals surface area contributed by atoms with Gasteiger partial charge in [0.05, 0.1) is 6.10 Å². The zero-order chi connectivity index (χ0) is 10.7. The van der Waals surface area contributed by atoms with Crippen LogP contribution in [-0.2, 0) is 0 Å². The highest BCUT2D eigenvalue weighted by atomic mass is 16.3. The van der Waals surface area contributed by atoms with Gasteiger partial charge in [-0.2, -0.15) is 0 Å². The van der Waals surface area contributed by atoms with E-state index < -0.39 is 0 Å². The Morgan fingerprint density at radius 2 is 2.33 bits per heavy atom. The summed E-state index contributed by atoms with van der Waals surface area (Å²) in [6, 6.07) is 0.937. The number of likely N-dealkylation sites (N-methyl/N-ethyl adjacent to an activating group) is 1. The molecule has 4 heteroatoms. The third-order valence-electron chi connectivity index (χ3n) is 3.70. The average molecular weight is 213 g/mol. The van der Waals surface area contributed by atoms with Crippen molar-refractivity contribution in [3.63, 3.8) is 0 Å². The molecule has 1 unspecified atom stereocenters. The van der Waals surface area contributed by atoms with Gasteiger partial charge in [-0.05, 0) is 25.9 Å². The number of rotatable bonds is 4. The Kier molecular flexibility index (Phi) is 3.97. The number of likely N-dealkylation sites (tertiary alicyclic amines) is 1. The zero-order valence-electron chi connectivity index (χ0n) is 9.58. The van der Waals surface area contributed by atoms with Gasteiger partial charge in [-0.15, -0.1) is 0 Å². The fourth-order valence-corrected chi connectivity index (χ4v) is 2.70. The highest BCUT2D eigenvalue weighted by Crippen LogP contribution is 2.16. The standard InChI is InChI=1S/C11H23N3O/c1-2-14-5-3-4-9(14)6-13-10-7-12-8-11(10)15/h9-13,15H,2-8H2,1H3/t9?,10-,11-/m1/s1. The lowest BCUT2D eigenvalue weighted by Gasteiger charge is -2.25. The SMILES string of the molecule is CCN1CCCC1CN[C@@H]1CNC[C@H]1O. The quantitative estimate of drug-likeness (QED) is 0.583. The molecule has 88 valence electrons. The van der Waals surface area contributed by atoms with E-state index in [-0.39, 0.29) is 12.1 Å². The highest BCUT2D eigenvalue weighted by molar-refractivity contribution is 4.89. The minimum atomic E-state index is -0.207. The van der Waals surface area contributed by atoms with Crippen LogP contribution in [0, 0.1) is 0 Å². The van der Waals surface area contributed by atoms with Gasteiger partial charge in [-0.3, -0.25) is 4.90 Å². The second kappa shape index (κ2) is 5.25. The third-order valence-corrected chi connectivity index (χ3v) is 3.70. The minimum Gasteiger partial charge on any atom is -0.390 e.